The molecular weight excluding hydrogens is 204 g/mol. The molecule has 2 unspecified atom stereocenters. The van der Waals surface area contributed by atoms with Gasteiger partial charge in [-0.1, -0.05) is 6.92 Å². The van der Waals surface area contributed by atoms with Crippen LogP contribution in [0.25, 0.3) is 0 Å². The molecule has 1 N–H and O–H groups in total. The van der Waals surface area contributed by atoms with Crippen molar-refractivity contribution in [2.24, 2.45) is 0 Å². The van der Waals surface area contributed by atoms with Crippen LogP contribution in [0.3, 0.4) is 0 Å². The molecule has 1 fully saturated rings. The number of hydrogen-bond donors (Lipinski definition) is 1. The van der Waals surface area contributed by atoms with Crippen LogP contribution in [0.4, 0.5) is 0 Å². The first-order valence-electron chi connectivity index (χ1n) is 6.30. The zero-order valence-corrected chi connectivity index (χ0v) is 10.7. The van der Waals surface area contributed by atoms with E-state index in [4.69, 9.17) is 4.74 Å². The van der Waals surface area contributed by atoms with Gasteiger partial charge in [0.25, 0.3) is 0 Å². The van der Waals surface area contributed by atoms with Crippen molar-refractivity contribution in [1.82, 2.24) is 10.2 Å². The van der Waals surface area contributed by atoms with E-state index in [-0.39, 0.29) is 12.0 Å². The fourth-order valence-electron chi connectivity index (χ4n) is 2.02. The van der Waals surface area contributed by atoms with Crippen molar-refractivity contribution >= 4 is 5.91 Å². The number of nitrogens with one attached hydrogen (secondary N) is 1. The Hall–Kier alpha value is -0.610. The molecule has 0 aromatic rings. The zero-order valence-electron chi connectivity index (χ0n) is 10.7. The Kier molecular flexibility index (Phi) is 5.77. The van der Waals surface area contributed by atoms with Crippen molar-refractivity contribution in [3.63, 3.8) is 0 Å². The van der Waals surface area contributed by atoms with Crippen molar-refractivity contribution in [2.45, 2.75) is 45.8 Å². The average Bonchev–Trinajstić information content (AvgIpc) is 2.31. The lowest BCUT2D eigenvalue weighted by atomic mass is 10.1. The number of carbonyl (C=O) groups is 1. The molecule has 1 amide bonds. The van der Waals surface area contributed by atoms with Gasteiger partial charge in [-0.3, -0.25) is 4.79 Å². The molecule has 1 aliphatic rings. The minimum absolute atomic E-state index is 0.0550. The van der Waals surface area contributed by atoms with Crippen molar-refractivity contribution < 1.29 is 9.53 Å². The van der Waals surface area contributed by atoms with E-state index in [9.17, 15) is 4.79 Å². The van der Waals surface area contributed by atoms with Gasteiger partial charge in [0.1, 0.15) is 0 Å². The number of amides is 1. The predicted octanol–water partition coefficient (Wildman–Crippen LogP) is 1.01. The summed E-state index contributed by atoms with van der Waals surface area (Å²) in [7, 11) is 0. The van der Waals surface area contributed by atoms with E-state index < -0.39 is 0 Å². The molecule has 0 aliphatic carbocycles. The van der Waals surface area contributed by atoms with Crippen LogP contribution < -0.4 is 5.32 Å². The molecule has 2 atom stereocenters. The van der Waals surface area contributed by atoms with Crippen molar-refractivity contribution in [3.05, 3.63) is 0 Å². The monoisotopic (exact) mass is 228 g/mol. The second kappa shape index (κ2) is 6.86. The molecule has 1 rings (SSSR count). The van der Waals surface area contributed by atoms with Gasteiger partial charge in [-0.15, -0.1) is 0 Å². The molecule has 16 heavy (non-hydrogen) atoms. The summed E-state index contributed by atoms with van der Waals surface area (Å²) in [5.41, 5.74) is 0. The maximum Gasteiger partial charge on any atom is 0.225 e. The number of ether oxygens (including phenoxy) is 1. The molecule has 0 aromatic carbocycles. The Morgan fingerprint density at radius 2 is 2.31 bits per heavy atom. The lowest BCUT2D eigenvalue weighted by molar-refractivity contribution is -0.136. The zero-order chi connectivity index (χ0) is 12.0. The van der Waals surface area contributed by atoms with Crippen LogP contribution >= 0.6 is 0 Å². The first-order chi connectivity index (χ1) is 7.69. The van der Waals surface area contributed by atoms with E-state index in [1.807, 2.05) is 11.8 Å². The van der Waals surface area contributed by atoms with Crippen LogP contribution in [0, 0.1) is 0 Å². The maximum atomic E-state index is 12.1. The molecule has 1 heterocycles. The molecule has 4 nitrogen and oxygen atoms in total. The summed E-state index contributed by atoms with van der Waals surface area (Å²) in [5, 5.41) is 3.24. The Morgan fingerprint density at radius 1 is 1.56 bits per heavy atom. The van der Waals surface area contributed by atoms with E-state index in [2.05, 4.69) is 19.2 Å². The van der Waals surface area contributed by atoms with Crippen LogP contribution in [0.5, 0.6) is 0 Å². The number of hydrogen-bond acceptors (Lipinski definition) is 3. The summed E-state index contributed by atoms with van der Waals surface area (Å²) in [6, 6.07) is 0.328. The molecule has 94 valence electrons. The topological polar surface area (TPSA) is 41.6 Å². The maximum absolute atomic E-state index is 12.1. The lowest BCUT2D eigenvalue weighted by Gasteiger charge is -2.30. The highest BCUT2D eigenvalue weighted by Gasteiger charge is 2.22. The molecule has 0 bridgehead atoms. The smallest absolute Gasteiger partial charge is 0.225 e. The third-order valence-electron chi connectivity index (χ3n) is 3.19. The fraction of sp³-hybridized carbons (Fsp3) is 0.917. The lowest BCUT2D eigenvalue weighted by Crippen LogP contribution is -2.44. The quantitative estimate of drug-likeness (QED) is 0.763. The van der Waals surface area contributed by atoms with Gasteiger partial charge in [-0.2, -0.15) is 0 Å². The summed E-state index contributed by atoms with van der Waals surface area (Å²) in [5.74, 6) is 0.213. The summed E-state index contributed by atoms with van der Waals surface area (Å²) >= 11 is 0. The Morgan fingerprint density at radius 3 is 2.81 bits per heavy atom. The van der Waals surface area contributed by atoms with Crippen LogP contribution in [-0.4, -0.2) is 49.2 Å². The van der Waals surface area contributed by atoms with Crippen molar-refractivity contribution in [1.29, 1.82) is 0 Å². The van der Waals surface area contributed by atoms with Gasteiger partial charge in [0.05, 0.1) is 19.1 Å². The number of nitrogens with zero attached hydrogens (tertiary/aromatic N) is 1. The molecule has 0 saturated carbocycles. The van der Waals surface area contributed by atoms with Gasteiger partial charge in [0.15, 0.2) is 0 Å². The Balaban J connectivity index is 2.41. The molecule has 1 aliphatic heterocycles. The predicted molar refractivity (Wildman–Crippen MR) is 64.4 cm³/mol. The summed E-state index contributed by atoms with van der Waals surface area (Å²) in [6.45, 7) is 9.43. The SMILES string of the molecule is CCC(C)N(CC)C(=O)CC1CNCCO1. The second-order valence-corrected chi connectivity index (χ2v) is 4.34. The highest BCUT2D eigenvalue weighted by atomic mass is 16.5. The standard InChI is InChI=1S/C12H24N2O2/c1-4-10(3)14(5-2)12(15)8-11-9-13-6-7-16-11/h10-11,13H,4-9H2,1-3H3. The first-order valence-corrected chi connectivity index (χ1v) is 6.30. The molecule has 0 radical (unpaired) electrons. The average molecular weight is 228 g/mol. The second-order valence-electron chi connectivity index (χ2n) is 4.34. The Labute approximate surface area is 98.3 Å². The normalized spacial score (nSPS) is 22.8. The minimum atomic E-state index is 0.0550. The van der Waals surface area contributed by atoms with E-state index >= 15 is 0 Å². The van der Waals surface area contributed by atoms with Gasteiger partial charge < -0.3 is 15.0 Å². The Bertz CT molecular complexity index is 215. The highest BCUT2D eigenvalue weighted by Crippen LogP contribution is 2.09. The van der Waals surface area contributed by atoms with Gasteiger partial charge >= 0.3 is 0 Å². The fourth-order valence-corrected chi connectivity index (χ4v) is 2.02. The molecular formula is C12H24N2O2. The number of morpholine rings is 1. The van der Waals surface area contributed by atoms with E-state index in [1.165, 1.54) is 0 Å². The van der Waals surface area contributed by atoms with Crippen LogP contribution in [0.1, 0.15) is 33.6 Å². The van der Waals surface area contributed by atoms with Gasteiger partial charge in [-0.25, -0.2) is 0 Å². The van der Waals surface area contributed by atoms with Gasteiger partial charge in [-0.05, 0) is 20.3 Å². The minimum Gasteiger partial charge on any atom is -0.375 e. The van der Waals surface area contributed by atoms with Crippen LogP contribution in [0.15, 0.2) is 0 Å². The van der Waals surface area contributed by atoms with Gasteiger partial charge in [0, 0.05) is 25.7 Å². The number of carbonyl (C=O) groups excluding carboxylic acids is 1. The highest BCUT2D eigenvalue weighted by molar-refractivity contribution is 5.77. The van der Waals surface area contributed by atoms with Crippen LogP contribution in [0.2, 0.25) is 0 Å². The molecule has 1 saturated heterocycles. The van der Waals surface area contributed by atoms with Crippen LogP contribution in [-0.2, 0) is 9.53 Å². The third kappa shape index (κ3) is 3.76. The number of rotatable bonds is 5. The van der Waals surface area contributed by atoms with E-state index in [0.717, 1.165) is 26.1 Å². The van der Waals surface area contributed by atoms with Crippen molar-refractivity contribution in [3.8, 4) is 0 Å². The summed E-state index contributed by atoms with van der Waals surface area (Å²) in [6.07, 6.45) is 1.56. The van der Waals surface area contributed by atoms with Crippen molar-refractivity contribution in [2.75, 3.05) is 26.2 Å². The van der Waals surface area contributed by atoms with Gasteiger partial charge in [0.2, 0.25) is 5.91 Å². The molecule has 0 aromatic heterocycles. The summed E-state index contributed by atoms with van der Waals surface area (Å²) < 4.78 is 5.55. The molecule has 0 spiro atoms. The van der Waals surface area contributed by atoms with E-state index in [0.29, 0.717) is 19.1 Å². The van der Waals surface area contributed by atoms with E-state index in [1.54, 1.807) is 0 Å². The molecule has 4 heteroatoms. The summed E-state index contributed by atoms with van der Waals surface area (Å²) in [4.78, 5) is 14.0. The largest absolute Gasteiger partial charge is 0.375 e. The first kappa shape index (κ1) is 13.5. The third-order valence-corrected chi connectivity index (χ3v) is 3.19.